The molecular formula is C24H27FN6O4. The van der Waals surface area contributed by atoms with Gasteiger partial charge in [0, 0.05) is 17.3 Å². The molecule has 2 aromatic carbocycles. The summed E-state index contributed by atoms with van der Waals surface area (Å²) in [5.74, 6) is 0.222. The van der Waals surface area contributed by atoms with E-state index in [4.69, 9.17) is 9.47 Å². The Labute approximate surface area is 202 Å². The van der Waals surface area contributed by atoms with E-state index in [1.807, 2.05) is 0 Å². The fourth-order valence-corrected chi connectivity index (χ4v) is 4.04. The van der Waals surface area contributed by atoms with Crippen LogP contribution in [-0.4, -0.2) is 58.8 Å². The van der Waals surface area contributed by atoms with Crippen molar-refractivity contribution in [3.05, 3.63) is 48.3 Å². The highest BCUT2D eigenvalue weighted by Gasteiger charge is 2.24. The average molecular weight is 483 g/mol. The van der Waals surface area contributed by atoms with Crippen LogP contribution in [0.4, 0.5) is 10.1 Å². The molecule has 10 nitrogen and oxygen atoms in total. The highest BCUT2D eigenvalue weighted by Crippen LogP contribution is 2.30. The van der Waals surface area contributed by atoms with Crippen molar-refractivity contribution in [3.63, 3.8) is 0 Å². The number of carbonyl (C=O) groups is 2. The Morgan fingerprint density at radius 3 is 2.49 bits per heavy atom. The lowest BCUT2D eigenvalue weighted by Gasteiger charge is -2.23. The first-order chi connectivity index (χ1) is 17.0. The SMILES string of the molecule is COc1ccc(-c2nnn(CC(=O)N(CC(=O)NC3CCCC3)c3ccc(F)cc3)n2)cc1OC. The lowest BCUT2D eigenvalue weighted by Crippen LogP contribution is -2.44. The lowest BCUT2D eigenvalue weighted by molar-refractivity contribution is -0.124. The Morgan fingerprint density at radius 1 is 1.09 bits per heavy atom. The van der Waals surface area contributed by atoms with Gasteiger partial charge in [0.1, 0.15) is 18.9 Å². The van der Waals surface area contributed by atoms with Crippen LogP contribution < -0.4 is 19.7 Å². The Kier molecular flexibility index (Phi) is 7.54. The van der Waals surface area contributed by atoms with Gasteiger partial charge >= 0.3 is 0 Å². The van der Waals surface area contributed by atoms with Crippen LogP contribution in [0.5, 0.6) is 11.5 Å². The van der Waals surface area contributed by atoms with Crippen LogP contribution in [-0.2, 0) is 16.1 Å². The number of benzene rings is 2. The highest BCUT2D eigenvalue weighted by molar-refractivity contribution is 5.98. The standard InChI is InChI=1S/C24H27FN6O4/c1-34-20-12-7-16(13-21(20)35-2)24-27-29-31(28-24)15-23(33)30(19-10-8-17(25)9-11-19)14-22(32)26-18-5-3-4-6-18/h7-13,18H,3-6,14-15H2,1-2H3,(H,26,32). The van der Waals surface area contributed by atoms with Gasteiger partial charge in [0.05, 0.1) is 14.2 Å². The van der Waals surface area contributed by atoms with E-state index in [0.717, 1.165) is 30.5 Å². The van der Waals surface area contributed by atoms with E-state index in [1.165, 1.54) is 36.3 Å². The number of amides is 2. The summed E-state index contributed by atoms with van der Waals surface area (Å²) in [5, 5.41) is 15.3. The van der Waals surface area contributed by atoms with Crippen LogP contribution in [0.1, 0.15) is 25.7 Å². The number of aromatic nitrogens is 4. The second kappa shape index (κ2) is 10.9. The van der Waals surface area contributed by atoms with E-state index in [-0.39, 0.29) is 25.0 Å². The molecule has 1 aliphatic rings. The number of rotatable bonds is 9. The molecule has 0 radical (unpaired) electrons. The van der Waals surface area contributed by atoms with Crippen molar-refractivity contribution in [2.45, 2.75) is 38.3 Å². The number of hydrogen-bond acceptors (Lipinski definition) is 7. The van der Waals surface area contributed by atoms with Crippen LogP contribution in [0.25, 0.3) is 11.4 Å². The van der Waals surface area contributed by atoms with Crippen molar-refractivity contribution in [2.24, 2.45) is 0 Å². The number of tetrazole rings is 1. The minimum atomic E-state index is -0.436. The molecule has 1 heterocycles. The van der Waals surface area contributed by atoms with Crippen LogP contribution in [0.2, 0.25) is 0 Å². The normalized spacial score (nSPS) is 13.5. The first kappa shape index (κ1) is 24.1. The van der Waals surface area contributed by atoms with Crippen LogP contribution >= 0.6 is 0 Å². The summed E-state index contributed by atoms with van der Waals surface area (Å²) in [4.78, 5) is 28.3. The van der Waals surface area contributed by atoms with Crippen molar-refractivity contribution >= 4 is 17.5 Å². The van der Waals surface area contributed by atoms with Gasteiger partial charge in [0.2, 0.25) is 11.7 Å². The second-order valence-corrected chi connectivity index (χ2v) is 8.22. The van der Waals surface area contributed by atoms with E-state index in [2.05, 4.69) is 20.7 Å². The molecule has 2 amide bonds. The molecule has 0 aliphatic heterocycles. The molecule has 1 saturated carbocycles. The Hall–Kier alpha value is -4.02. The van der Waals surface area contributed by atoms with Gasteiger partial charge in [-0.05, 0) is 60.5 Å². The molecule has 1 aliphatic carbocycles. The second-order valence-electron chi connectivity index (χ2n) is 8.22. The summed E-state index contributed by atoms with van der Waals surface area (Å²) in [6, 6.07) is 10.7. The molecule has 0 bridgehead atoms. The largest absolute Gasteiger partial charge is 0.493 e. The number of carbonyl (C=O) groups excluding carboxylic acids is 2. The number of hydrogen-bond donors (Lipinski definition) is 1. The fourth-order valence-electron chi connectivity index (χ4n) is 4.04. The van der Waals surface area contributed by atoms with E-state index in [0.29, 0.717) is 28.6 Å². The molecule has 35 heavy (non-hydrogen) atoms. The van der Waals surface area contributed by atoms with Gasteiger partial charge in [-0.1, -0.05) is 12.8 Å². The predicted molar refractivity (Wildman–Crippen MR) is 126 cm³/mol. The van der Waals surface area contributed by atoms with Crippen LogP contribution in [0.3, 0.4) is 0 Å². The van der Waals surface area contributed by atoms with Crippen molar-refractivity contribution in [2.75, 3.05) is 25.7 Å². The molecule has 1 fully saturated rings. The van der Waals surface area contributed by atoms with Gasteiger partial charge in [-0.15, -0.1) is 10.2 Å². The van der Waals surface area contributed by atoms with Gasteiger partial charge in [-0.2, -0.15) is 4.80 Å². The maximum Gasteiger partial charge on any atom is 0.251 e. The molecule has 11 heteroatoms. The minimum absolute atomic E-state index is 0.119. The topological polar surface area (TPSA) is 111 Å². The maximum atomic E-state index is 13.5. The van der Waals surface area contributed by atoms with Gasteiger partial charge in [0.25, 0.3) is 5.91 Å². The fraction of sp³-hybridized carbons (Fsp3) is 0.375. The van der Waals surface area contributed by atoms with Gasteiger partial charge < -0.3 is 19.7 Å². The van der Waals surface area contributed by atoms with Crippen molar-refractivity contribution in [1.82, 2.24) is 25.5 Å². The third-order valence-electron chi connectivity index (χ3n) is 5.83. The average Bonchev–Trinajstić information content (AvgIpc) is 3.55. The summed E-state index contributed by atoms with van der Waals surface area (Å²) in [6.07, 6.45) is 4.01. The first-order valence-corrected chi connectivity index (χ1v) is 11.3. The smallest absolute Gasteiger partial charge is 0.251 e. The zero-order valence-electron chi connectivity index (χ0n) is 19.6. The molecule has 3 aromatic rings. The summed E-state index contributed by atoms with van der Waals surface area (Å²) < 4.78 is 24.0. The monoisotopic (exact) mass is 482 g/mol. The Bertz CT molecular complexity index is 1180. The third kappa shape index (κ3) is 5.92. The number of halogens is 1. The van der Waals surface area contributed by atoms with Gasteiger partial charge in [0.15, 0.2) is 11.5 Å². The highest BCUT2D eigenvalue weighted by atomic mass is 19.1. The van der Waals surface area contributed by atoms with Crippen molar-refractivity contribution in [1.29, 1.82) is 0 Å². The van der Waals surface area contributed by atoms with E-state index in [9.17, 15) is 14.0 Å². The Morgan fingerprint density at radius 2 is 1.80 bits per heavy atom. The summed E-state index contributed by atoms with van der Waals surface area (Å²) in [6.45, 7) is -0.452. The molecule has 184 valence electrons. The lowest BCUT2D eigenvalue weighted by atomic mass is 10.2. The molecule has 0 saturated heterocycles. The number of nitrogens with zero attached hydrogens (tertiary/aromatic N) is 5. The zero-order valence-corrected chi connectivity index (χ0v) is 19.6. The van der Waals surface area contributed by atoms with Gasteiger partial charge in [-0.25, -0.2) is 4.39 Å². The summed E-state index contributed by atoms with van der Waals surface area (Å²) >= 11 is 0. The number of methoxy groups -OCH3 is 2. The molecular weight excluding hydrogens is 455 g/mol. The molecule has 4 rings (SSSR count). The maximum absolute atomic E-state index is 13.5. The molecule has 1 N–H and O–H groups in total. The molecule has 0 unspecified atom stereocenters. The van der Waals surface area contributed by atoms with E-state index in [1.54, 1.807) is 25.3 Å². The molecule has 0 spiro atoms. The first-order valence-electron chi connectivity index (χ1n) is 11.3. The van der Waals surface area contributed by atoms with Crippen molar-refractivity contribution < 1.29 is 23.5 Å². The summed E-state index contributed by atoms with van der Waals surface area (Å²) in [7, 11) is 3.07. The number of anilines is 1. The van der Waals surface area contributed by atoms with E-state index >= 15 is 0 Å². The van der Waals surface area contributed by atoms with Crippen LogP contribution in [0, 0.1) is 5.82 Å². The minimum Gasteiger partial charge on any atom is -0.493 e. The van der Waals surface area contributed by atoms with E-state index < -0.39 is 11.7 Å². The zero-order chi connectivity index (χ0) is 24.8. The van der Waals surface area contributed by atoms with Crippen molar-refractivity contribution in [3.8, 4) is 22.9 Å². The third-order valence-corrected chi connectivity index (χ3v) is 5.83. The molecule has 1 aromatic heterocycles. The quantitative estimate of drug-likeness (QED) is 0.499. The predicted octanol–water partition coefficient (Wildman–Crippen LogP) is 2.59. The summed E-state index contributed by atoms with van der Waals surface area (Å²) in [5.41, 5.74) is 1.03. The van der Waals surface area contributed by atoms with Gasteiger partial charge in [-0.3, -0.25) is 9.59 Å². The molecule has 0 atom stereocenters. The number of ether oxygens (including phenoxy) is 2. The number of nitrogens with one attached hydrogen (secondary N) is 1. The van der Waals surface area contributed by atoms with Crippen LogP contribution in [0.15, 0.2) is 42.5 Å². The Balaban J connectivity index is 1.50.